The van der Waals surface area contributed by atoms with Crippen LogP contribution in [0.4, 0.5) is 0 Å². The Kier molecular flexibility index (Phi) is 20.4. The van der Waals surface area contributed by atoms with Gasteiger partial charge in [0.15, 0.2) is 0 Å². The number of phenolic OH excluding ortho intramolecular Hbond substituents is 1. The number of aliphatic hydroxyl groups is 1. The minimum Gasteiger partial charge on any atom is -0.508 e. The molecule has 22 heavy (non-hydrogen) atoms. The summed E-state index contributed by atoms with van der Waals surface area (Å²) in [4.78, 5) is 18.5. The molecule has 0 radical (unpaired) electrons. The minimum absolute atomic E-state index is 0.319. The average molecular weight is 312 g/mol. The van der Waals surface area contributed by atoms with Gasteiger partial charge in [0.25, 0.3) is 0 Å². The number of hydrogen-bond acceptors (Lipinski definition) is 4. The van der Waals surface area contributed by atoms with Crippen molar-refractivity contribution in [3.63, 3.8) is 0 Å². The van der Waals surface area contributed by atoms with Crippen LogP contribution in [0, 0.1) is 6.92 Å². The van der Waals surface area contributed by atoms with Gasteiger partial charge in [0.1, 0.15) is 5.75 Å². The molecule has 1 aromatic carbocycles. The van der Waals surface area contributed by atoms with E-state index in [-0.39, 0.29) is 0 Å². The summed E-state index contributed by atoms with van der Waals surface area (Å²) in [5.41, 5.74) is 0.924. The van der Waals surface area contributed by atoms with Crippen molar-refractivity contribution in [2.24, 2.45) is 0 Å². The highest BCUT2D eigenvalue weighted by Crippen LogP contribution is 2.12. The van der Waals surface area contributed by atoms with Gasteiger partial charge in [0.2, 0.25) is 0 Å². The lowest BCUT2D eigenvalue weighted by Gasteiger charge is -1.92. The molecule has 0 heterocycles. The van der Waals surface area contributed by atoms with E-state index in [1.54, 1.807) is 6.07 Å². The zero-order chi connectivity index (χ0) is 18.0. The Morgan fingerprint density at radius 3 is 1.55 bits per heavy atom. The molecule has 0 aromatic heterocycles. The van der Waals surface area contributed by atoms with Crippen LogP contribution in [0.5, 0.6) is 5.75 Å². The predicted octanol–water partition coefficient (Wildman–Crippen LogP) is 2.60. The highest BCUT2D eigenvalue weighted by atomic mass is 16.4. The van der Waals surface area contributed by atoms with Crippen molar-refractivity contribution >= 4 is 11.9 Å². The fourth-order valence-electron chi connectivity index (χ4n) is 0.563. The monoisotopic (exact) mass is 312 g/mol. The number of aryl methyl sites for hydroxylation is 1. The van der Waals surface area contributed by atoms with Crippen LogP contribution in [0.15, 0.2) is 49.6 Å². The molecule has 0 aliphatic carbocycles. The number of carbonyl (C=O) groups is 2. The maximum atomic E-state index is 9.25. The first-order valence-electron chi connectivity index (χ1n) is 6.32. The highest BCUT2D eigenvalue weighted by molar-refractivity contribution is 5.79. The number of hydrogen-bond donors (Lipinski definition) is 4. The predicted molar refractivity (Wildman–Crippen MR) is 85.9 cm³/mol. The molecule has 0 spiro atoms. The van der Waals surface area contributed by atoms with E-state index < -0.39 is 11.9 Å². The van der Waals surface area contributed by atoms with Crippen LogP contribution in [-0.4, -0.2) is 39.0 Å². The van der Waals surface area contributed by atoms with Crippen LogP contribution in [-0.2, 0) is 9.59 Å². The second-order valence-corrected chi connectivity index (χ2v) is 3.59. The third-order valence-electron chi connectivity index (χ3n) is 1.69. The van der Waals surface area contributed by atoms with Crippen LogP contribution in [0.1, 0.15) is 18.9 Å². The summed E-state index contributed by atoms with van der Waals surface area (Å²) >= 11 is 0. The van der Waals surface area contributed by atoms with Crippen molar-refractivity contribution < 1.29 is 30.0 Å². The Labute approximate surface area is 130 Å². The molecule has 6 heteroatoms. The lowest BCUT2D eigenvalue weighted by atomic mass is 10.2. The molecule has 0 atom stereocenters. The topological polar surface area (TPSA) is 115 Å². The number of aromatic hydroxyl groups is 1. The maximum Gasteiger partial charge on any atom is 0.327 e. The van der Waals surface area contributed by atoms with Gasteiger partial charge in [-0.1, -0.05) is 38.3 Å². The third kappa shape index (κ3) is 26.1. The van der Waals surface area contributed by atoms with Crippen molar-refractivity contribution in [3.8, 4) is 5.75 Å². The maximum absolute atomic E-state index is 9.25. The van der Waals surface area contributed by atoms with Crippen LogP contribution >= 0.6 is 0 Å². The van der Waals surface area contributed by atoms with Gasteiger partial charge < -0.3 is 20.4 Å². The molecule has 0 saturated carbocycles. The number of carboxylic acids is 2. The summed E-state index contributed by atoms with van der Waals surface area (Å²) in [6.45, 7) is 10.0. The molecule has 124 valence electrons. The van der Waals surface area contributed by atoms with Gasteiger partial charge in [0.05, 0.1) is 0 Å². The van der Waals surface area contributed by atoms with E-state index >= 15 is 0 Å². The zero-order valence-electron chi connectivity index (χ0n) is 12.9. The fourth-order valence-corrected chi connectivity index (χ4v) is 0.563. The fraction of sp³-hybridized carbons (Fsp3) is 0.250. The molecule has 1 aromatic rings. The van der Waals surface area contributed by atoms with E-state index in [1.807, 2.05) is 32.0 Å². The molecule has 0 aliphatic rings. The molecule has 4 N–H and O–H groups in total. The van der Waals surface area contributed by atoms with Crippen LogP contribution < -0.4 is 0 Å². The highest BCUT2D eigenvalue weighted by Gasteiger charge is 1.87. The smallest absolute Gasteiger partial charge is 0.327 e. The standard InChI is InChI=1S/C7H8O.2C3H4O2.C3H8O/c1-6-4-2-3-5-7(6)8;2*1-2-3(4)5;1-2-3-4/h2-5,8H,1H3;2*2H,1H2,(H,4,5);4H,2-3H2,1H3. The van der Waals surface area contributed by atoms with E-state index in [1.165, 1.54) is 0 Å². The van der Waals surface area contributed by atoms with Crippen LogP contribution in [0.3, 0.4) is 0 Å². The largest absolute Gasteiger partial charge is 0.508 e. The normalized spacial score (nSPS) is 7.59. The first-order chi connectivity index (χ1) is 10.3. The lowest BCUT2D eigenvalue weighted by molar-refractivity contribution is -0.132. The zero-order valence-corrected chi connectivity index (χ0v) is 12.9. The number of carboxylic acid groups (broad SMARTS) is 2. The summed E-state index contributed by atoms with van der Waals surface area (Å²) in [6, 6.07) is 7.25. The number of aliphatic hydroxyl groups excluding tert-OH is 1. The van der Waals surface area contributed by atoms with E-state index in [4.69, 9.17) is 20.4 Å². The molecule has 0 aliphatic heterocycles. The van der Waals surface area contributed by atoms with Crippen molar-refractivity contribution in [3.05, 3.63) is 55.1 Å². The molecule has 6 nitrogen and oxygen atoms in total. The SMILES string of the molecule is C=CC(=O)O.C=CC(=O)O.CCCO.Cc1ccccc1O. The molecule has 1 rings (SSSR count). The third-order valence-corrected chi connectivity index (χ3v) is 1.69. The van der Waals surface area contributed by atoms with Crippen LogP contribution in [0.25, 0.3) is 0 Å². The number of aliphatic carboxylic acids is 2. The van der Waals surface area contributed by atoms with Crippen molar-refractivity contribution in [2.75, 3.05) is 6.61 Å². The second-order valence-electron chi connectivity index (χ2n) is 3.59. The summed E-state index contributed by atoms with van der Waals surface area (Å²) in [5.74, 6) is -1.59. The van der Waals surface area contributed by atoms with Crippen molar-refractivity contribution in [1.82, 2.24) is 0 Å². The molecular weight excluding hydrogens is 288 g/mol. The molecule has 0 bridgehead atoms. The van der Waals surface area contributed by atoms with Gasteiger partial charge in [-0.15, -0.1) is 0 Å². The van der Waals surface area contributed by atoms with Gasteiger partial charge in [-0.3, -0.25) is 0 Å². The number of para-hydroxylation sites is 1. The van der Waals surface area contributed by atoms with Gasteiger partial charge in [0, 0.05) is 18.8 Å². The Morgan fingerprint density at radius 1 is 1.09 bits per heavy atom. The Bertz CT molecular complexity index is 399. The molecule has 0 amide bonds. The van der Waals surface area contributed by atoms with Crippen molar-refractivity contribution in [2.45, 2.75) is 20.3 Å². The molecule has 0 fully saturated rings. The van der Waals surface area contributed by atoms with Gasteiger partial charge in [-0.05, 0) is 25.0 Å². The second kappa shape index (κ2) is 18.4. The van der Waals surface area contributed by atoms with Crippen LogP contribution in [0.2, 0.25) is 0 Å². The summed E-state index contributed by atoms with van der Waals surface area (Å²) in [6.07, 6.45) is 2.54. The van der Waals surface area contributed by atoms with Crippen molar-refractivity contribution in [1.29, 1.82) is 0 Å². The summed E-state index contributed by atoms with van der Waals surface area (Å²) in [7, 11) is 0. The summed E-state index contributed by atoms with van der Waals surface area (Å²) < 4.78 is 0. The number of phenols is 1. The molecule has 0 unspecified atom stereocenters. The Morgan fingerprint density at radius 2 is 1.41 bits per heavy atom. The van der Waals surface area contributed by atoms with E-state index in [0.717, 1.165) is 24.1 Å². The van der Waals surface area contributed by atoms with Gasteiger partial charge in [-0.2, -0.15) is 0 Å². The molecule has 0 saturated heterocycles. The van der Waals surface area contributed by atoms with Gasteiger partial charge >= 0.3 is 11.9 Å². The summed E-state index contributed by atoms with van der Waals surface area (Å²) in [5, 5.41) is 32.0. The first-order valence-corrected chi connectivity index (χ1v) is 6.32. The average Bonchev–Trinajstić information content (AvgIpc) is 2.51. The van der Waals surface area contributed by atoms with E-state index in [0.29, 0.717) is 12.4 Å². The number of benzene rings is 1. The number of rotatable bonds is 3. The Balaban J connectivity index is -0.000000230. The first kappa shape index (κ1) is 24.4. The van der Waals surface area contributed by atoms with E-state index in [2.05, 4.69) is 13.2 Å². The molecular formula is C16H24O6. The lowest BCUT2D eigenvalue weighted by Crippen LogP contribution is -1.82. The van der Waals surface area contributed by atoms with Gasteiger partial charge in [-0.25, -0.2) is 9.59 Å². The Hall–Kier alpha value is -2.60. The quantitative estimate of drug-likeness (QED) is 0.638. The minimum atomic E-state index is -0.981. The van der Waals surface area contributed by atoms with E-state index in [9.17, 15) is 9.59 Å².